The highest BCUT2D eigenvalue weighted by atomic mass is 32.1. The van der Waals surface area contributed by atoms with Crippen molar-refractivity contribution in [1.82, 2.24) is 19.9 Å². The largest absolute Gasteiger partial charge is 0.360 e. The summed E-state index contributed by atoms with van der Waals surface area (Å²) in [7, 11) is 0. The van der Waals surface area contributed by atoms with Gasteiger partial charge in [0.1, 0.15) is 5.52 Å². The van der Waals surface area contributed by atoms with Crippen LogP contribution in [0.25, 0.3) is 32.8 Å². The molecular formula is C30H32N4S3. The van der Waals surface area contributed by atoms with Crippen LogP contribution in [-0.2, 0) is 0 Å². The van der Waals surface area contributed by atoms with Crippen molar-refractivity contribution in [3.05, 3.63) is 108 Å². The molecule has 0 radical (unpaired) electrons. The number of thiol groups is 2. The fourth-order valence-electron chi connectivity index (χ4n) is 3.18. The lowest BCUT2D eigenvalue weighted by Crippen LogP contribution is -1.80. The quantitative estimate of drug-likeness (QED) is 0.132. The summed E-state index contributed by atoms with van der Waals surface area (Å²) in [5.41, 5.74) is 3.82. The Kier molecular flexibility index (Phi) is 13.3. The molecule has 4 nitrogen and oxygen atoms in total. The van der Waals surface area contributed by atoms with E-state index < -0.39 is 0 Å². The lowest BCUT2D eigenvalue weighted by molar-refractivity contribution is 1.33. The molecule has 6 rings (SSSR count). The molecule has 2 aromatic carbocycles. The van der Waals surface area contributed by atoms with Crippen molar-refractivity contribution < 1.29 is 0 Å². The third-order valence-electron chi connectivity index (χ3n) is 4.75. The maximum Gasteiger partial charge on any atom is 0.104 e. The van der Waals surface area contributed by atoms with Crippen LogP contribution in [0.5, 0.6) is 0 Å². The van der Waals surface area contributed by atoms with E-state index in [1.165, 1.54) is 0 Å². The van der Waals surface area contributed by atoms with Crippen molar-refractivity contribution in [3.8, 4) is 0 Å². The van der Waals surface area contributed by atoms with E-state index in [2.05, 4.69) is 45.2 Å². The molecule has 0 aliphatic carbocycles. The van der Waals surface area contributed by atoms with Crippen molar-refractivity contribution in [1.29, 1.82) is 0 Å². The van der Waals surface area contributed by atoms with Crippen LogP contribution in [-0.4, -0.2) is 19.9 Å². The number of H-pyrrole nitrogens is 1. The van der Waals surface area contributed by atoms with E-state index >= 15 is 0 Å². The first kappa shape index (κ1) is 30.0. The predicted octanol–water partition coefficient (Wildman–Crippen LogP) is 9.39. The third kappa shape index (κ3) is 8.67. The summed E-state index contributed by atoms with van der Waals surface area (Å²) in [6.45, 7) is 8.00. The molecule has 4 aromatic heterocycles. The summed E-state index contributed by atoms with van der Waals surface area (Å²) in [6, 6.07) is 25.4. The number of pyridine rings is 4. The molecule has 0 saturated carbocycles. The average Bonchev–Trinajstić information content (AvgIpc) is 2.97. The number of nitrogens with zero attached hydrogens (tertiary/aromatic N) is 3. The second-order valence-corrected chi connectivity index (χ2v) is 8.34. The zero-order valence-corrected chi connectivity index (χ0v) is 24.1. The second-order valence-electron chi connectivity index (χ2n) is 6.94. The number of hydrogen-bond donors (Lipinski definition) is 3. The van der Waals surface area contributed by atoms with E-state index in [9.17, 15) is 0 Å². The van der Waals surface area contributed by atoms with Gasteiger partial charge in [-0.05, 0) is 48.5 Å². The molecule has 0 bridgehead atoms. The van der Waals surface area contributed by atoms with Gasteiger partial charge in [-0.3, -0.25) is 15.0 Å². The van der Waals surface area contributed by atoms with Gasteiger partial charge in [0.2, 0.25) is 0 Å². The second kappa shape index (κ2) is 16.5. The minimum atomic E-state index is 0.791. The van der Waals surface area contributed by atoms with E-state index in [-0.39, 0.29) is 0 Å². The SMILES string of the molecule is CC.CC.S=c1cc[nH]c2cccnc12.Sc1cccc2cccnc12.Sc1cccc2ncccc12. The summed E-state index contributed by atoms with van der Waals surface area (Å²) in [4.78, 5) is 17.5. The normalized spacial score (nSPS) is 9.46. The molecule has 0 fully saturated rings. The Labute approximate surface area is 235 Å². The molecule has 0 atom stereocenters. The Balaban J connectivity index is 0.000000183. The van der Waals surface area contributed by atoms with Crippen LogP contribution in [0, 0.1) is 4.51 Å². The Hall–Kier alpha value is -3.26. The van der Waals surface area contributed by atoms with Gasteiger partial charge in [0.05, 0.1) is 21.1 Å². The maximum atomic E-state index is 5.07. The molecule has 0 aliphatic rings. The van der Waals surface area contributed by atoms with Crippen LogP contribution in [0.3, 0.4) is 0 Å². The smallest absolute Gasteiger partial charge is 0.104 e. The van der Waals surface area contributed by atoms with Crippen LogP contribution in [0.15, 0.2) is 113 Å². The average molecular weight is 545 g/mol. The van der Waals surface area contributed by atoms with Gasteiger partial charge in [0.25, 0.3) is 0 Å². The summed E-state index contributed by atoms with van der Waals surface area (Å²) in [6.07, 6.45) is 7.13. The van der Waals surface area contributed by atoms with Crippen molar-refractivity contribution in [2.24, 2.45) is 0 Å². The molecular weight excluding hydrogens is 513 g/mol. The molecule has 190 valence electrons. The van der Waals surface area contributed by atoms with Gasteiger partial charge in [-0.2, -0.15) is 0 Å². The molecule has 37 heavy (non-hydrogen) atoms. The van der Waals surface area contributed by atoms with Gasteiger partial charge in [-0.1, -0.05) is 70.2 Å². The highest BCUT2D eigenvalue weighted by molar-refractivity contribution is 7.80. The van der Waals surface area contributed by atoms with Crippen molar-refractivity contribution in [2.75, 3.05) is 0 Å². The number of aromatic amines is 1. The summed E-state index contributed by atoms with van der Waals surface area (Å²) in [5, 5.41) is 2.25. The Bertz CT molecular complexity index is 1490. The predicted molar refractivity (Wildman–Crippen MR) is 168 cm³/mol. The molecule has 6 aromatic rings. The highest BCUT2D eigenvalue weighted by Gasteiger charge is 1.95. The standard InChI is InChI=1S/2C9H7NS.C8H6N2S.2C2H6/c11-9-5-1-4-8-7(9)3-2-6-10-8;11-8-5-1-3-7-4-2-6-10-9(7)8;11-7-3-5-9-6-2-1-4-10-8(6)7;2*1-2/h2*1-6,11H;1-5H,(H,9,11);2*1-2H3. The van der Waals surface area contributed by atoms with E-state index in [1.54, 1.807) is 18.6 Å². The molecule has 0 unspecified atom stereocenters. The van der Waals surface area contributed by atoms with E-state index in [0.29, 0.717) is 0 Å². The Morgan fingerprint density at radius 1 is 0.622 bits per heavy atom. The van der Waals surface area contributed by atoms with E-state index in [1.807, 2.05) is 113 Å². The topological polar surface area (TPSA) is 54.5 Å². The lowest BCUT2D eigenvalue weighted by Gasteiger charge is -1.97. The zero-order valence-electron chi connectivity index (χ0n) is 21.5. The number of fused-ring (bicyclic) bond motifs is 3. The van der Waals surface area contributed by atoms with Crippen molar-refractivity contribution >= 4 is 70.3 Å². The third-order valence-corrected chi connectivity index (χ3v) is 5.83. The number of benzene rings is 2. The molecule has 0 saturated heterocycles. The van der Waals surface area contributed by atoms with Gasteiger partial charge >= 0.3 is 0 Å². The van der Waals surface area contributed by atoms with Crippen LogP contribution < -0.4 is 0 Å². The Morgan fingerprint density at radius 3 is 1.92 bits per heavy atom. The van der Waals surface area contributed by atoms with Crippen LogP contribution in [0.1, 0.15) is 27.7 Å². The molecule has 0 spiro atoms. The van der Waals surface area contributed by atoms with Crippen LogP contribution >= 0.6 is 37.5 Å². The summed E-state index contributed by atoms with van der Waals surface area (Å²) >= 11 is 13.7. The first-order valence-electron chi connectivity index (χ1n) is 12.1. The lowest BCUT2D eigenvalue weighted by atomic mass is 10.2. The minimum Gasteiger partial charge on any atom is -0.360 e. The number of para-hydroxylation sites is 1. The van der Waals surface area contributed by atoms with Gasteiger partial charge < -0.3 is 4.98 Å². The highest BCUT2D eigenvalue weighted by Crippen LogP contribution is 2.19. The fourth-order valence-corrected chi connectivity index (χ4v) is 3.96. The molecule has 0 amide bonds. The van der Waals surface area contributed by atoms with Crippen molar-refractivity contribution in [2.45, 2.75) is 37.5 Å². The first-order valence-corrected chi connectivity index (χ1v) is 13.4. The first-order chi connectivity index (χ1) is 18.1. The maximum absolute atomic E-state index is 5.07. The summed E-state index contributed by atoms with van der Waals surface area (Å²) in [5.74, 6) is 0. The molecule has 0 aliphatic heterocycles. The van der Waals surface area contributed by atoms with Gasteiger partial charge in [-0.15, -0.1) is 25.3 Å². The monoisotopic (exact) mass is 544 g/mol. The number of hydrogen-bond acceptors (Lipinski definition) is 6. The van der Waals surface area contributed by atoms with Crippen molar-refractivity contribution in [3.63, 3.8) is 0 Å². The van der Waals surface area contributed by atoms with Gasteiger partial charge in [0, 0.05) is 45.4 Å². The van der Waals surface area contributed by atoms with Gasteiger partial charge in [-0.25, -0.2) is 0 Å². The number of rotatable bonds is 0. The number of nitrogens with one attached hydrogen (secondary N) is 1. The fraction of sp³-hybridized carbons (Fsp3) is 0.133. The van der Waals surface area contributed by atoms with Crippen LogP contribution in [0.2, 0.25) is 0 Å². The Morgan fingerprint density at radius 2 is 1.22 bits per heavy atom. The molecule has 7 heteroatoms. The molecule has 4 heterocycles. The van der Waals surface area contributed by atoms with E-state index in [0.717, 1.165) is 47.1 Å². The van der Waals surface area contributed by atoms with E-state index in [4.69, 9.17) is 12.2 Å². The zero-order chi connectivity index (χ0) is 27.0. The minimum absolute atomic E-state index is 0.791. The van der Waals surface area contributed by atoms with Crippen LogP contribution in [0.4, 0.5) is 0 Å². The number of aromatic nitrogens is 4. The molecule has 1 N–H and O–H groups in total. The van der Waals surface area contributed by atoms with Gasteiger partial charge in [0.15, 0.2) is 0 Å². The summed E-state index contributed by atoms with van der Waals surface area (Å²) < 4.78 is 0.791.